The molecule has 4 nitrogen and oxygen atoms in total. The Morgan fingerprint density at radius 1 is 1.48 bits per heavy atom. The standard InChI is InChI=1S/C10H16F3N3OP4/c1-2-4-15-5-3-6-7(9(15)17)16(21(19)20-18)14-8(6)10(11,12)13/h20H,2-5,18-19H2,1H3. The Morgan fingerprint density at radius 2 is 2.14 bits per heavy atom. The predicted octanol–water partition coefficient (Wildman–Crippen LogP) is 3.73. The van der Waals surface area contributed by atoms with E-state index in [0.29, 0.717) is 21.0 Å². The van der Waals surface area contributed by atoms with E-state index in [9.17, 15) is 18.0 Å². The normalized spacial score (nSPS) is 17.6. The van der Waals surface area contributed by atoms with Crippen molar-refractivity contribution in [2.24, 2.45) is 0 Å². The van der Waals surface area contributed by atoms with Crippen molar-refractivity contribution in [2.45, 2.75) is 25.9 Å². The summed E-state index contributed by atoms with van der Waals surface area (Å²) in [5.74, 6) is -0.334. The SMILES string of the molecule is CCCN1CCc2c(C(F)(F)F)nn(P(P)PP)c2C1=O. The molecule has 0 saturated heterocycles. The molecule has 21 heavy (non-hydrogen) atoms. The summed E-state index contributed by atoms with van der Waals surface area (Å²) in [6.07, 6.45) is -3.53. The van der Waals surface area contributed by atoms with Crippen LogP contribution in [0.4, 0.5) is 13.2 Å². The summed E-state index contributed by atoms with van der Waals surface area (Å²) in [5, 5.41) is 3.72. The van der Waals surface area contributed by atoms with E-state index in [1.165, 1.54) is 4.45 Å². The summed E-state index contributed by atoms with van der Waals surface area (Å²) in [4.78, 5) is 14.1. The highest BCUT2D eigenvalue weighted by Crippen LogP contribution is 2.67. The molecular formula is C10H16F3N3OP4. The number of halogens is 3. The molecule has 11 heteroatoms. The number of alkyl halides is 3. The van der Waals surface area contributed by atoms with Gasteiger partial charge in [0.05, 0.1) is 7.45 Å². The van der Waals surface area contributed by atoms with Crippen LogP contribution in [0.2, 0.25) is 0 Å². The average molecular weight is 375 g/mol. The highest BCUT2D eigenvalue weighted by Gasteiger charge is 2.43. The molecule has 4 atom stereocenters. The molecule has 0 radical (unpaired) electrons. The van der Waals surface area contributed by atoms with Crippen molar-refractivity contribution < 1.29 is 18.0 Å². The number of carbonyl (C=O) groups excluding carboxylic acids is 1. The highest BCUT2D eigenvalue weighted by molar-refractivity contribution is 8.60. The van der Waals surface area contributed by atoms with Crippen molar-refractivity contribution in [3.63, 3.8) is 0 Å². The Labute approximate surface area is 128 Å². The molecule has 1 aromatic rings. The van der Waals surface area contributed by atoms with E-state index in [-0.39, 0.29) is 23.6 Å². The molecule has 2 rings (SSSR count). The van der Waals surface area contributed by atoms with Gasteiger partial charge in [0.15, 0.2) is 5.69 Å². The van der Waals surface area contributed by atoms with Crippen LogP contribution in [0.15, 0.2) is 0 Å². The first-order valence-corrected chi connectivity index (χ1v) is 12.9. The number of aromatic nitrogens is 2. The van der Waals surface area contributed by atoms with Crippen LogP contribution < -0.4 is 0 Å². The third-order valence-corrected chi connectivity index (χ3v) is 12.6. The van der Waals surface area contributed by atoms with Gasteiger partial charge in [-0.15, -0.1) is 8.93 Å². The molecular weight excluding hydrogens is 359 g/mol. The summed E-state index contributed by atoms with van der Waals surface area (Å²) in [6, 6.07) is 0. The minimum atomic E-state index is -4.52. The third-order valence-electron chi connectivity index (χ3n) is 3.19. The number of carbonyl (C=O) groups is 1. The minimum absolute atomic E-state index is 0.0538. The Hall–Kier alpha value is 0.190. The van der Waals surface area contributed by atoms with Crippen LogP contribution in [0.3, 0.4) is 0 Å². The second kappa shape index (κ2) is 6.75. The molecule has 4 unspecified atom stereocenters. The fraction of sp³-hybridized carbons (Fsp3) is 0.600. The maximum absolute atomic E-state index is 13.1. The van der Waals surface area contributed by atoms with Gasteiger partial charge in [-0.25, -0.2) is 4.45 Å². The molecule has 0 bridgehead atoms. The molecule has 1 aliphatic heterocycles. The topological polar surface area (TPSA) is 38.1 Å². The van der Waals surface area contributed by atoms with Gasteiger partial charge < -0.3 is 4.90 Å². The Morgan fingerprint density at radius 3 is 2.67 bits per heavy atom. The summed E-state index contributed by atoms with van der Waals surface area (Å²) >= 11 is 0. The lowest BCUT2D eigenvalue weighted by atomic mass is 10.0. The van der Waals surface area contributed by atoms with Gasteiger partial charge in [-0.05, 0) is 20.8 Å². The van der Waals surface area contributed by atoms with Crippen LogP contribution in [0.1, 0.15) is 35.1 Å². The largest absolute Gasteiger partial charge is 0.435 e. The van der Waals surface area contributed by atoms with E-state index in [0.717, 1.165) is 6.42 Å². The maximum Gasteiger partial charge on any atom is 0.435 e. The molecule has 0 aliphatic carbocycles. The second-order valence-electron chi connectivity index (χ2n) is 4.58. The van der Waals surface area contributed by atoms with Crippen LogP contribution in [-0.4, -0.2) is 33.4 Å². The number of hydrogen-bond acceptors (Lipinski definition) is 2. The van der Waals surface area contributed by atoms with E-state index in [1.807, 2.05) is 6.92 Å². The summed E-state index contributed by atoms with van der Waals surface area (Å²) in [6.45, 7) is 2.82. The smallest absolute Gasteiger partial charge is 0.337 e. The molecule has 2 heterocycles. The van der Waals surface area contributed by atoms with Crippen molar-refractivity contribution in [3.05, 3.63) is 17.0 Å². The molecule has 0 N–H and O–H groups in total. The van der Waals surface area contributed by atoms with Gasteiger partial charge in [0.1, 0.15) is 5.69 Å². The molecule has 0 saturated carbocycles. The van der Waals surface area contributed by atoms with Gasteiger partial charge in [-0.3, -0.25) is 4.79 Å². The number of rotatable bonds is 4. The van der Waals surface area contributed by atoms with Gasteiger partial charge in [0, 0.05) is 18.7 Å². The van der Waals surface area contributed by atoms with Crippen LogP contribution in [0, 0.1) is 0 Å². The van der Waals surface area contributed by atoms with Crippen LogP contribution in [0.25, 0.3) is 0 Å². The molecule has 0 fully saturated rings. The number of amides is 1. The first-order chi connectivity index (χ1) is 9.81. The van der Waals surface area contributed by atoms with Crippen LogP contribution in [0.5, 0.6) is 0 Å². The maximum atomic E-state index is 13.1. The van der Waals surface area contributed by atoms with Gasteiger partial charge in [-0.1, -0.05) is 15.9 Å². The zero-order chi connectivity index (χ0) is 15.8. The van der Waals surface area contributed by atoms with Crippen molar-refractivity contribution in [3.8, 4) is 0 Å². The summed E-state index contributed by atoms with van der Waals surface area (Å²) < 4.78 is 40.7. The first-order valence-electron chi connectivity index (χ1n) is 6.31. The van der Waals surface area contributed by atoms with Gasteiger partial charge in [-0.2, -0.15) is 18.3 Å². The molecule has 0 spiro atoms. The first kappa shape index (κ1) is 17.5. The van der Waals surface area contributed by atoms with E-state index in [4.69, 9.17) is 0 Å². The second-order valence-corrected chi connectivity index (χ2v) is 13.4. The molecule has 1 aromatic heterocycles. The van der Waals surface area contributed by atoms with Crippen molar-refractivity contribution in [2.75, 3.05) is 13.1 Å². The zero-order valence-corrected chi connectivity index (χ0v) is 15.5. The Kier molecular flexibility index (Phi) is 5.64. The fourth-order valence-corrected chi connectivity index (χ4v) is 5.27. The van der Waals surface area contributed by atoms with Crippen LogP contribution in [-0.2, 0) is 12.6 Å². The predicted molar refractivity (Wildman–Crippen MR) is 87.2 cm³/mol. The fourth-order valence-electron chi connectivity index (χ4n) is 2.31. The lowest BCUT2D eigenvalue weighted by molar-refractivity contribution is -0.141. The zero-order valence-electron chi connectivity index (χ0n) is 11.3. The van der Waals surface area contributed by atoms with E-state index in [2.05, 4.69) is 23.0 Å². The minimum Gasteiger partial charge on any atom is -0.337 e. The monoisotopic (exact) mass is 375 g/mol. The average Bonchev–Trinajstić information content (AvgIpc) is 2.81. The summed E-state index contributed by atoms with van der Waals surface area (Å²) in [7, 11) is 4.33. The van der Waals surface area contributed by atoms with Gasteiger partial charge in [0.2, 0.25) is 0 Å². The van der Waals surface area contributed by atoms with Gasteiger partial charge >= 0.3 is 6.18 Å². The number of fused-ring (bicyclic) bond motifs is 1. The molecule has 1 aliphatic rings. The molecule has 0 aromatic carbocycles. The third kappa shape index (κ3) is 3.42. The van der Waals surface area contributed by atoms with Crippen molar-refractivity contribution in [1.82, 2.24) is 14.5 Å². The summed E-state index contributed by atoms with van der Waals surface area (Å²) in [5.41, 5.74) is -0.726. The Balaban J connectivity index is 2.55. The Bertz CT molecular complexity index is 548. The van der Waals surface area contributed by atoms with Crippen LogP contribution >= 0.6 is 33.3 Å². The lowest BCUT2D eigenvalue weighted by Gasteiger charge is -2.28. The number of nitrogens with zero attached hydrogens (tertiary/aromatic N) is 3. The van der Waals surface area contributed by atoms with E-state index >= 15 is 0 Å². The molecule has 1 amide bonds. The van der Waals surface area contributed by atoms with E-state index in [1.54, 1.807) is 4.90 Å². The van der Waals surface area contributed by atoms with Crippen molar-refractivity contribution >= 4 is 39.2 Å². The lowest BCUT2D eigenvalue weighted by Crippen LogP contribution is -2.39. The molecule has 118 valence electrons. The quantitative estimate of drug-likeness (QED) is 0.753. The highest BCUT2D eigenvalue weighted by atomic mass is 32.6. The number of hydrogen-bond donors (Lipinski definition) is 0. The van der Waals surface area contributed by atoms with Gasteiger partial charge in [0.25, 0.3) is 5.91 Å². The van der Waals surface area contributed by atoms with E-state index < -0.39 is 19.3 Å². The van der Waals surface area contributed by atoms with Crippen molar-refractivity contribution in [1.29, 1.82) is 0 Å².